The summed E-state index contributed by atoms with van der Waals surface area (Å²) in [5, 5.41) is 2.85. The molecule has 0 unspecified atom stereocenters. The number of hydrogen-bond acceptors (Lipinski definition) is 2. The molecule has 5 N–H and O–H groups in total. The predicted molar refractivity (Wildman–Crippen MR) is 86.3 cm³/mol. The van der Waals surface area contributed by atoms with Gasteiger partial charge >= 0.3 is 0 Å². The van der Waals surface area contributed by atoms with Crippen LogP contribution in [-0.4, -0.2) is 11.9 Å². The topological polar surface area (TPSA) is 93.5 Å². The molecule has 0 aliphatic heterocycles. The summed E-state index contributed by atoms with van der Waals surface area (Å²) in [6.45, 7) is 1.82. The van der Waals surface area contributed by atoms with Crippen molar-refractivity contribution in [2.45, 2.75) is 13.3 Å². The van der Waals surface area contributed by atoms with Gasteiger partial charge in [0.1, 0.15) is 0 Å². The molecule has 0 fully saturated rings. The Morgan fingerprint density at radius 3 is 2.43 bits per heavy atom. The second kappa shape index (κ2) is 6.56. The molecule has 5 nitrogen and oxygen atoms in total. The Bertz CT molecular complexity index is 658. The zero-order valence-corrected chi connectivity index (χ0v) is 11.8. The molecule has 1 amide bonds. The zero-order chi connectivity index (χ0) is 15.2. The molecular weight excluding hydrogens is 264 g/mol. The smallest absolute Gasteiger partial charge is 0.224 e. The van der Waals surface area contributed by atoms with Crippen molar-refractivity contribution in [3.05, 3.63) is 48.5 Å². The van der Waals surface area contributed by atoms with E-state index in [1.54, 1.807) is 0 Å². The summed E-state index contributed by atoms with van der Waals surface area (Å²) in [7, 11) is 0. The van der Waals surface area contributed by atoms with Crippen molar-refractivity contribution >= 4 is 23.2 Å². The lowest BCUT2D eigenvalue weighted by atomic mass is 10.0. The number of carbonyl (C=O) groups is 1. The Labute approximate surface area is 123 Å². The Morgan fingerprint density at radius 2 is 1.81 bits per heavy atom. The highest BCUT2D eigenvalue weighted by molar-refractivity contribution is 5.91. The summed E-state index contributed by atoms with van der Waals surface area (Å²) in [6, 6.07) is 15.2. The molecule has 0 aliphatic rings. The van der Waals surface area contributed by atoms with Gasteiger partial charge < -0.3 is 16.8 Å². The van der Waals surface area contributed by atoms with Crippen LogP contribution in [0.1, 0.15) is 13.3 Å². The first kappa shape index (κ1) is 14.6. The minimum absolute atomic E-state index is 0.00439. The number of nitrogens with zero attached hydrogens (tertiary/aromatic N) is 1. The van der Waals surface area contributed by atoms with Crippen molar-refractivity contribution in [2.75, 3.05) is 5.32 Å². The summed E-state index contributed by atoms with van der Waals surface area (Å²) >= 11 is 0. The van der Waals surface area contributed by atoms with E-state index in [9.17, 15) is 4.79 Å². The second-order valence-electron chi connectivity index (χ2n) is 4.57. The van der Waals surface area contributed by atoms with Crippen molar-refractivity contribution in [2.24, 2.45) is 16.5 Å². The summed E-state index contributed by atoms with van der Waals surface area (Å²) in [5.74, 6) is 0.0299. The van der Waals surface area contributed by atoms with Crippen molar-refractivity contribution in [1.29, 1.82) is 0 Å². The van der Waals surface area contributed by atoms with Gasteiger partial charge in [0.05, 0.1) is 5.69 Å². The zero-order valence-electron chi connectivity index (χ0n) is 11.8. The fourth-order valence-corrected chi connectivity index (χ4v) is 1.90. The lowest BCUT2D eigenvalue weighted by Crippen LogP contribution is -2.21. The molecule has 2 aromatic rings. The number of hydrogen-bond donors (Lipinski definition) is 3. The van der Waals surface area contributed by atoms with E-state index in [2.05, 4.69) is 10.3 Å². The number of nitrogens with two attached hydrogens (primary N) is 2. The summed E-state index contributed by atoms with van der Waals surface area (Å²) in [5.41, 5.74) is 14.2. The van der Waals surface area contributed by atoms with E-state index in [4.69, 9.17) is 11.5 Å². The van der Waals surface area contributed by atoms with E-state index in [1.165, 1.54) is 0 Å². The first-order chi connectivity index (χ1) is 10.1. The highest BCUT2D eigenvalue weighted by Crippen LogP contribution is 2.25. The van der Waals surface area contributed by atoms with E-state index < -0.39 is 0 Å². The van der Waals surface area contributed by atoms with Crippen LogP contribution in [-0.2, 0) is 4.79 Å². The van der Waals surface area contributed by atoms with E-state index >= 15 is 0 Å². The monoisotopic (exact) mass is 282 g/mol. The number of nitrogens with one attached hydrogen (secondary N) is 1. The molecular formula is C16H18N4O. The maximum absolute atomic E-state index is 11.4. The van der Waals surface area contributed by atoms with Gasteiger partial charge in [-0.05, 0) is 35.4 Å². The predicted octanol–water partition coefficient (Wildman–Crippen LogP) is 2.61. The van der Waals surface area contributed by atoms with Crippen LogP contribution in [0.25, 0.3) is 11.1 Å². The highest BCUT2D eigenvalue weighted by atomic mass is 16.1. The van der Waals surface area contributed by atoms with E-state index in [0.29, 0.717) is 12.1 Å². The summed E-state index contributed by atoms with van der Waals surface area (Å²) in [6.07, 6.45) is 0.456. The molecule has 0 saturated heterocycles. The van der Waals surface area contributed by atoms with Crippen LogP contribution in [0.15, 0.2) is 53.5 Å². The van der Waals surface area contributed by atoms with Gasteiger partial charge in [0, 0.05) is 12.1 Å². The van der Waals surface area contributed by atoms with Crippen LogP contribution in [0.5, 0.6) is 0 Å². The van der Waals surface area contributed by atoms with Crippen LogP contribution in [0.2, 0.25) is 0 Å². The van der Waals surface area contributed by atoms with Gasteiger partial charge in [-0.3, -0.25) is 4.79 Å². The van der Waals surface area contributed by atoms with Crippen LogP contribution in [0, 0.1) is 0 Å². The van der Waals surface area contributed by atoms with Gasteiger partial charge in [0.2, 0.25) is 5.91 Å². The molecule has 0 saturated carbocycles. The van der Waals surface area contributed by atoms with Crippen molar-refractivity contribution in [1.82, 2.24) is 0 Å². The SMILES string of the molecule is CCC(=O)Nc1cccc(-c2ccc(N=C(N)N)cc2)c1. The van der Waals surface area contributed by atoms with Crippen LogP contribution in [0.3, 0.4) is 0 Å². The van der Waals surface area contributed by atoms with Crippen molar-refractivity contribution in [3.8, 4) is 11.1 Å². The molecule has 0 heterocycles. The Hall–Kier alpha value is -2.82. The average molecular weight is 282 g/mol. The second-order valence-corrected chi connectivity index (χ2v) is 4.57. The average Bonchev–Trinajstić information content (AvgIpc) is 2.47. The van der Waals surface area contributed by atoms with Gasteiger partial charge in [-0.15, -0.1) is 0 Å². The molecule has 5 heteroatoms. The molecule has 0 radical (unpaired) electrons. The Kier molecular flexibility index (Phi) is 4.56. The molecule has 108 valence electrons. The molecule has 0 bridgehead atoms. The van der Waals surface area contributed by atoms with Gasteiger partial charge in [0.25, 0.3) is 0 Å². The largest absolute Gasteiger partial charge is 0.370 e. The molecule has 0 atom stereocenters. The number of carbonyl (C=O) groups excluding carboxylic acids is 1. The maximum Gasteiger partial charge on any atom is 0.224 e. The highest BCUT2D eigenvalue weighted by Gasteiger charge is 2.02. The number of guanidine groups is 1. The normalized spacial score (nSPS) is 9.95. The number of anilines is 1. The molecule has 0 spiro atoms. The first-order valence-electron chi connectivity index (χ1n) is 6.68. The number of benzene rings is 2. The number of rotatable bonds is 4. The van der Waals surface area contributed by atoms with Crippen LogP contribution in [0.4, 0.5) is 11.4 Å². The van der Waals surface area contributed by atoms with E-state index in [0.717, 1.165) is 16.8 Å². The lowest BCUT2D eigenvalue weighted by Gasteiger charge is -2.07. The van der Waals surface area contributed by atoms with Crippen LogP contribution < -0.4 is 16.8 Å². The van der Waals surface area contributed by atoms with Gasteiger partial charge in [0.15, 0.2) is 5.96 Å². The Morgan fingerprint density at radius 1 is 1.10 bits per heavy atom. The molecule has 0 aliphatic carbocycles. The number of aliphatic imine (C=N–C) groups is 1. The van der Waals surface area contributed by atoms with Crippen LogP contribution >= 0.6 is 0 Å². The molecule has 2 aromatic carbocycles. The number of amides is 1. The quantitative estimate of drug-likeness (QED) is 0.594. The fraction of sp³-hybridized carbons (Fsp3) is 0.125. The standard InChI is InChI=1S/C16H18N4O/c1-2-15(21)19-14-5-3-4-12(10-14)11-6-8-13(9-7-11)20-16(17)18/h3-10H,2H2,1H3,(H,19,21)(H4,17,18,20). The van der Waals surface area contributed by atoms with E-state index in [1.807, 2.05) is 55.5 Å². The van der Waals surface area contributed by atoms with Gasteiger partial charge in [-0.25, -0.2) is 4.99 Å². The third-order valence-corrected chi connectivity index (χ3v) is 2.93. The molecule has 0 aromatic heterocycles. The van der Waals surface area contributed by atoms with Gasteiger partial charge in [-0.2, -0.15) is 0 Å². The van der Waals surface area contributed by atoms with E-state index in [-0.39, 0.29) is 11.9 Å². The molecule has 2 rings (SSSR count). The third-order valence-electron chi connectivity index (χ3n) is 2.93. The minimum atomic E-state index is -0.00439. The van der Waals surface area contributed by atoms with Crippen molar-refractivity contribution in [3.63, 3.8) is 0 Å². The molecule has 21 heavy (non-hydrogen) atoms. The first-order valence-corrected chi connectivity index (χ1v) is 6.68. The van der Waals surface area contributed by atoms with Gasteiger partial charge in [-0.1, -0.05) is 31.2 Å². The summed E-state index contributed by atoms with van der Waals surface area (Å²) < 4.78 is 0. The lowest BCUT2D eigenvalue weighted by molar-refractivity contribution is -0.115. The third kappa shape index (κ3) is 4.07. The maximum atomic E-state index is 11.4. The van der Waals surface area contributed by atoms with Crippen molar-refractivity contribution < 1.29 is 4.79 Å². The fourth-order valence-electron chi connectivity index (χ4n) is 1.90. The Balaban J connectivity index is 2.23. The minimum Gasteiger partial charge on any atom is -0.370 e. The summed E-state index contributed by atoms with van der Waals surface area (Å²) in [4.78, 5) is 15.4.